The van der Waals surface area contributed by atoms with Gasteiger partial charge in [-0.1, -0.05) is 18.2 Å². The number of sulfonamides is 1. The van der Waals surface area contributed by atoms with E-state index in [1.54, 1.807) is 0 Å². The molecule has 1 amide bonds. The molecule has 40 heavy (non-hydrogen) atoms. The quantitative estimate of drug-likeness (QED) is 0.452. The molecule has 220 valence electrons. The summed E-state index contributed by atoms with van der Waals surface area (Å²) < 4.78 is 77.4. The molecule has 1 heterocycles. The topological polar surface area (TPSA) is 113 Å². The molecule has 4 rings (SSSR count). The van der Waals surface area contributed by atoms with Crippen LogP contribution in [0.1, 0.15) is 64.2 Å². The molecule has 1 unspecified atom stereocenters. The monoisotopic (exact) mass is 588 g/mol. The summed E-state index contributed by atoms with van der Waals surface area (Å²) >= 11 is 0. The average molecular weight is 589 g/mol. The number of ether oxygens (including phenoxy) is 1. The second-order valence-corrected chi connectivity index (χ2v) is 11.9. The molecule has 8 nitrogen and oxygen atoms in total. The average Bonchev–Trinajstić information content (AvgIpc) is 3.66. The fraction of sp³-hybridized carbons (Fsp3) is 0.481. The SMILES string of the molecule is Cc1ccc(CN2CCCC(Oc3cc(F)c(C(=O)NS(C)(=O)=O)cc3C3CC3)C2)cc1C.O=C(O)C(F)(F)F. The van der Waals surface area contributed by atoms with Gasteiger partial charge < -0.3 is 9.84 Å². The number of aryl methyl sites for hydroxylation is 2. The van der Waals surface area contributed by atoms with Gasteiger partial charge >= 0.3 is 12.1 Å². The van der Waals surface area contributed by atoms with E-state index in [0.717, 1.165) is 57.1 Å². The van der Waals surface area contributed by atoms with E-state index in [1.807, 2.05) is 4.72 Å². The Hall–Kier alpha value is -3.19. The van der Waals surface area contributed by atoms with E-state index in [9.17, 15) is 30.8 Å². The summed E-state index contributed by atoms with van der Waals surface area (Å²) in [6, 6.07) is 9.23. The Morgan fingerprint density at radius 1 is 1.10 bits per heavy atom. The minimum Gasteiger partial charge on any atom is -0.489 e. The van der Waals surface area contributed by atoms with E-state index >= 15 is 0 Å². The van der Waals surface area contributed by atoms with Crippen molar-refractivity contribution in [2.75, 3.05) is 19.3 Å². The number of carboxylic acid groups (broad SMARTS) is 1. The van der Waals surface area contributed by atoms with Gasteiger partial charge in [0.25, 0.3) is 5.91 Å². The Bertz CT molecular complexity index is 1360. The number of benzene rings is 2. The fourth-order valence-corrected chi connectivity index (χ4v) is 4.82. The maximum atomic E-state index is 14.8. The number of piperidine rings is 1. The second-order valence-electron chi connectivity index (χ2n) is 10.2. The molecule has 0 radical (unpaired) electrons. The van der Waals surface area contributed by atoms with Crippen LogP contribution >= 0.6 is 0 Å². The van der Waals surface area contributed by atoms with Gasteiger partial charge in [-0.15, -0.1) is 0 Å². The third kappa shape index (κ3) is 9.19. The number of carbonyl (C=O) groups is 2. The first-order valence-corrected chi connectivity index (χ1v) is 14.5. The van der Waals surface area contributed by atoms with Crippen LogP contribution in [0.5, 0.6) is 5.75 Å². The number of hydrogen-bond acceptors (Lipinski definition) is 6. The van der Waals surface area contributed by atoms with Gasteiger partial charge in [0, 0.05) is 19.2 Å². The molecule has 2 aromatic rings. The van der Waals surface area contributed by atoms with Crippen LogP contribution in [0, 0.1) is 19.7 Å². The Morgan fingerprint density at radius 2 is 1.75 bits per heavy atom. The number of nitrogens with zero attached hydrogens (tertiary/aromatic N) is 1. The molecule has 1 saturated heterocycles. The Labute approximate surface area is 230 Å². The predicted molar refractivity (Wildman–Crippen MR) is 139 cm³/mol. The minimum absolute atomic E-state index is 0.0714. The summed E-state index contributed by atoms with van der Waals surface area (Å²) in [4.78, 5) is 23.5. The molecular weight excluding hydrogens is 556 g/mol. The Morgan fingerprint density at radius 3 is 2.30 bits per heavy atom. The van der Waals surface area contributed by atoms with Crippen molar-refractivity contribution in [1.82, 2.24) is 9.62 Å². The standard InChI is InChI=1S/C25H31FN2O4S.C2HF3O2/c1-16-6-7-18(11-17(16)2)14-28-10-4-5-20(15-28)32-24-13-23(26)22(12-21(24)19-8-9-19)25(29)27-33(3,30)31;3-2(4,5)1(6)7/h6-7,11-13,19-20H,4-5,8-10,14-15H2,1-3H3,(H,27,29);(H,6,7). The van der Waals surface area contributed by atoms with E-state index < -0.39 is 33.9 Å². The second kappa shape index (κ2) is 12.5. The van der Waals surface area contributed by atoms with Crippen LogP contribution in [0.4, 0.5) is 17.6 Å². The van der Waals surface area contributed by atoms with E-state index in [-0.39, 0.29) is 17.6 Å². The summed E-state index contributed by atoms with van der Waals surface area (Å²) in [6.45, 7) is 6.80. The van der Waals surface area contributed by atoms with Gasteiger partial charge in [-0.3, -0.25) is 9.69 Å². The molecule has 1 aliphatic carbocycles. The number of alkyl halides is 3. The number of rotatable bonds is 7. The number of halogens is 4. The molecule has 1 saturated carbocycles. The van der Waals surface area contributed by atoms with Gasteiger partial charge in [-0.2, -0.15) is 13.2 Å². The first kappa shape index (κ1) is 31.3. The summed E-state index contributed by atoms with van der Waals surface area (Å²) in [7, 11) is -3.78. The lowest BCUT2D eigenvalue weighted by atomic mass is 10.0. The van der Waals surface area contributed by atoms with E-state index in [1.165, 1.54) is 28.8 Å². The van der Waals surface area contributed by atoms with Gasteiger partial charge in [0.1, 0.15) is 17.7 Å². The van der Waals surface area contributed by atoms with Crippen molar-refractivity contribution in [3.8, 4) is 5.75 Å². The number of amides is 1. The molecule has 1 aliphatic heterocycles. The highest BCUT2D eigenvalue weighted by atomic mass is 32.2. The maximum Gasteiger partial charge on any atom is 0.490 e. The van der Waals surface area contributed by atoms with Gasteiger partial charge in [0.2, 0.25) is 10.0 Å². The number of likely N-dealkylation sites (tertiary alicyclic amines) is 1. The normalized spacial score (nSPS) is 17.9. The molecule has 2 aromatic carbocycles. The highest BCUT2D eigenvalue weighted by Crippen LogP contribution is 2.45. The molecule has 2 N–H and O–H groups in total. The zero-order valence-electron chi connectivity index (χ0n) is 22.3. The van der Waals surface area contributed by atoms with Crippen molar-refractivity contribution in [2.45, 2.75) is 64.3 Å². The van der Waals surface area contributed by atoms with Gasteiger partial charge in [0.15, 0.2) is 0 Å². The van der Waals surface area contributed by atoms with Gasteiger partial charge in [-0.05, 0) is 80.3 Å². The van der Waals surface area contributed by atoms with Crippen LogP contribution in [0.25, 0.3) is 0 Å². The number of aliphatic carboxylic acids is 1. The third-order valence-corrected chi connectivity index (χ3v) is 7.17. The lowest BCUT2D eigenvalue weighted by Crippen LogP contribution is -2.40. The molecule has 13 heteroatoms. The summed E-state index contributed by atoms with van der Waals surface area (Å²) in [5, 5.41) is 7.12. The molecule has 0 bridgehead atoms. The van der Waals surface area contributed by atoms with Crippen LogP contribution in [0.2, 0.25) is 0 Å². The summed E-state index contributed by atoms with van der Waals surface area (Å²) in [6.07, 6.45) is -0.526. The largest absolute Gasteiger partial charge is 0.490 e. The van der Waals surface area contributed by atoms with Crippen LogP contribution in [-0.2, 0) is 21.4 Å². The zero-order valence-corrected chi connectivity index (χ0v) is 23.2. The van der Waals surface area contributed by atoms with Crippen LogP contribution in [0.3, 0.4) is 0 Å². The van der Waals surface area contributed by atoms with Crippen molar-refractivity contribution in [3.63, 3.8) is 0 Å². The maximum absolute atomic E-state index is 14.8. The van der Waals surface area contributed by atoms with Gasteiger partial charge in [0.05, 0.1) is 11.8 Å². The molecule has 2 fully saturated rings. The van der Waals surface area contributed by atoms with Gasteiger partial charge in [-0.25, -0.2) is 22.3 Å². The van der Waals surface area contributed by atoms with Crippen molar-refractivity contribution < 1.29 is 45.4 Å². The smallest absolute Gasteiger partial charge is 0.489 e. The molecule has 0 spiro atoms. The van der Waals surface area contributed by atoms with E-state index in [0.29, 0.717) is 5.75 Å². The van der Waals surface area contributed by atoms with Crippen LogP contribution in [-0.4, -0.2) is 61.9 Å². The summed E-state index contributed by atoms with van der Waals surface area (Å²) in [5.74, 6) is -3.82. The Kier molecular flexibility index (Phi) is 9.83. The minimum atomic E-state index is -5.08. The number of carboxylic acids is 1. The number of hydrogen-bond donors (Lipinski definition) is 2. The predicted octanol–water partition coefficient (Wildman–Crippen LogP) is 4.69. The number of carbonyl (C=O) groups excluding carboxylic acids is 1. The van der Waals surface area contributed by atoms with Crippen LogP contribution in [0.15, 0.2) is 30.3 Å². The van der Waals surface area contributed by atoms with Crippen molar-refractivity contribution in [1.29, 1.82) is 0 Å². The van der Waals surface area contributed by atoms with Crippen molar-refractivity contribution >= 4 is 21.9 Å². The summed E-state index contributed by atoms with van der Waals surface area (Å²) in [5.41, 5.74) is 4.34. The van der Waals surface area contributed by atoms with E-state index in [2.05, 4.69) is 36.9 Å². The molecule has 2 aliphatic rings. The lowest BCUT2D eigenvalue weighted by Gasteiger charge is -2.33. The highest BCUT2D eigenvalue weighted by Gasteiger charge is 2.38. The Balaban J connectivity index is 0.000000559. The van der Waals surface area contributed by atoms with Crippen LogP contribution < -0.4 is 9.46 Å². The molecule has 0 aromatic heterocycles. The van der Waals surface area contributed by atoms with E-state index in [4.69, 9.17) is 14.6 Å². The third-order valence-electron chi connectivity index (χ3n) is 6.62. The first-order chi connectivity index (χ1) is 18.5. The van der Waals surface area contributed by atoms with Crippen molar-refractivity contribution in [3.05, 3.63) is 64.0 Å². The lowest BCUT2D eigenvalue weighted by molar-refractivity contribution is -0.192. The first-order valence-electron chi connectivity index (χ1n) is 12.6. The molecular formula is C27H32F4N2O6S. The zero-order chi connectivity index (χ0) is 29.8. The number of nitrogens with one attached hydrogen (secondary N) is 1. The highest BCUT2D eigenvalue weighted by molar-refractivity contribution is 7.89. The fourth-order valence-electron chi connectivity index (χ4n) is 4.38. The molecule has 1 atom stereocenters. The van der Waals surface area contributed by atoms with Crippen molar-refractivity contribution in [2.24, 2.45) is 0 Å².